The Morgan fingerprint density at radius 3 is 2.52 bits per heavy atom. The van der Waals surface area contributed by atoms with Gasteiger partial charge in [0.05, 0.1) is 18.6 Å². The number of hydrogen-bond donors (Lipinski definition) is 1. The molecule has 0 aliphatic carbocycles. The number of methoxy groups -OCH3 is 1. The molecule has 1 N–H and O–H groups in total. The van der Waals surface area contributed by atoms with Gasteiger partial charge in [0.1, 0.15) is 5.78 Å². The number of rotatable bonds is 9. The average Bonchev–Trinajstić information content (AvgIpc) is 3.32. The second kappa shape index (κ2) is 12.3. The van der Waals surface area contributed by atoms with E-state index in [1.54, 1.807) is 7.11 Å². The average molecular weight is 433 g/mol. The van der Waals surface area contributed by atoms with E-state index in [2.05, 4.69) is 5.32 Å². The molecule has 2 aliphatic heterocycles. The van der Waals surface area contributed by atoms with E-state index in [4.69, 9.17) is 9.57 Å². The monoisotopic (exact) mass is 432 g/mol. The summed E-state index contributed by atoms with van der Waals surface area (Å²) in [5, 5.41) is 4.93. The van der Waals surface area contributed by atoms with Gasteiger partial charge < -0.3 is 10.1 Å². The molecule has 0 saturated carbocycles. The summed E-state index contributed by atoms with van der Waals surface area (Å²) in [6, 6.07) is 10.2. The van der Waals surface area contributed by atoms with Gasteiger partial charge in [-0.1, -0.05) is 51.6 Å². The first-order valence-corrected chi connectivity index (χ1v) is 11.3. The Bertz CT molecular complexity index is 684. The van der Waals surface area contributed by atoms with Crippen molar-refractivity contribution in [3.05, 3.63) is 35.9 Å². The zero-order valence-electron chi connectivity index (χ0n) is 18.5. The maximum absolute atomic E-state index is 13.4. The topological polar surface area (TPSA) is 67.9 Å². The van der Waals surface area contributed by atoms with Gasteiger partial charge in [0.2, 0.25) is 5.91 Å². The molecular formula is C25H40N2O4. The Labute approximate surface area is 187 Å². The van der Waals surface area contributed by atoms with Crippen LogP contribution >= 0.6 is 0 Å². The largest absolute Gasteiger partial charge is 0.379 e. The zero-order chi connectivity index (χ0) is 21.5. The third kappa shape index (κ3) is 6.37. The van der Waals surface area contributed by atoms with Gasteiger partial charge >= 0.3 is 0 Å². The summed E-state index contributed by atoms with van der Waals surface area (Å²) < 4.78 is 5.72. The number of Topliss-reactive ketones (excluding diaryl/α,β-unsaturated/α-hetero) is 1. The van der Waals surface area contributed by atoms with Crippen LogP contribution in [0.2, 0.25) is 0 Å². The molecule has 0 spiro atoms. The highest BCUT2D eigenvalue weighted by atomic mass is 16.7. The second-order valence-electron chi connectivity index (χ2n) is 8.65. The number of nitrogens with one attached hydrogen (secondary N) is 1. The highest BCUT2D eigenvalue weighted by Crippen LogP contribution is 2.31. The molecule has 2 heterocycles. The number of benzene rings is 1. The van der Waals surface area contributed by atoms with Crippen LogP contribution in [-0.2, 0) is 19.2 Å². The maximum atomic E-state index is 13.4. The number of ketones is 1. The van der Waals surface area contributed by atoms with Gasteiger partial charge in [-0.25, -0.2) is 5.06 Å². The Balaban J connectivity index is 0.00000341. The summed E-state index contributed by atoms with van der Waals surface area (Å²) in [5.41, 5.74) is 1.06. The van der Waals surface area contributed by atoms with Crippen LogP contribution in [0.3, 0.4) is 0 Å². The molecule has 0 aromatic heterocycles. The number of hydroxylamine groups is 2. The molecule has 6 heteroatoms. The van der Waals surface area contributed by atoms with Crippen molar-refractivity contribution in [3.63, 3.8) is 0 Å². The smallest absolute Gasteiger partial charge is 0.250 e. The lowest BCUT2D eigenvalue weighted by Crippen LogP contribution is -2.45. The lowest BCUT2D eigenvalue weighted by atomic mass is 9.80. The van der Waals surface area contributed by atoms with Crippen molar-refractivity contribution in [1.29, 1.82) is 0 Å². The van der Waals surface area contributed by atoms with E-state index in [-0.39, 0.29) is 49.5 Å². The van der Waals surface area contributed by atoms with E-state index in [0.29, 0.717) is 13.2 Å². The summed E-state index contributed by atoms with van der Waals surface area (Å²) in [7, 11) is 1.67. The lowest BCUT2D eigenvalue weighted by Gasteiger charge is -2.33. The van der Waals surface area contributed by atoms with Crippen LogP contribution in [0.15, 0.2) is 30.3 Å². The van der Waals surface area contributed by atoms with Gasteiger partial charge in [0.25, 0.3) is 0 Å². The fourth-order valence-electron chi connectivity index (χ4n) is 4.72. The minimum Gasteiger partial charge on any atom is -0.379 e. The summed E-state index contributed by atoms with van der Waals surface area (Å²) in [6.45, 7) is 6.08. The van der Waals surface area contributed by atoms with E-state index in [0.717, 1.165) is 37.8 Å². The Morgan fingerprint density at radius 2 is 1.94 bits per heavy atom. The van der Waals surface area contributed by atoms with E-state index in [9.17, 15) is 9.59 Å². The second-order valence-corrected chi connectivity index (χ2v) is 8.65. The van der Waals surface area contributed by atoms with Gasteiger partial charge in [0, 0.05) is 32.0 Å². The third-order valence-corrected chi connectivity index (χ3v) is 6.68. The molecule has 5 atom stereocenters. The summed E-state index contributed by atoms with van der Waals surface area (Å²) in [5.74, 6) is -0.806. The number of ether oxygens (including phenoxy) is 1. The first-order chi connectivity index (χ1) is 14.5. The fraction of sp³-hybridized carbons (Fsp3) is 0.680. The highest BCUT2D eigenvalue weighted by Gasteiger charge is 2.38. The van der Waals surface area contributed by atoms with Crippen molar-refractivity contribution < 1.29 is 19.2 Å². The van der Waals surface area contributed by atoms with Crippen LogP contribution in [0, 0.1) is 11.8 Å². The van der Waals surface area contributed by atoms with Gasteiger partial charge in [-0.3, -0.25) is 14.4 Å². The van der Waals surface area contributed by atoms with Gasteiger partial charge in [-0.05, 0) is 43.7 Å². The molecule has 0 unspecified atom stereocenters. The molecule has 174 valence electrons. The van der Waals surface area contributed by atoms with Crippen LogP contribution in [-0.4, -0.2) is 55.7 Å². The minimum atomic E-state index is -0.450. The first kappa shape index (κ1) is 25.5. The predicted octanol–water partition coefficient (Wildman–Crippen LogP) is 3.96. The molecule has 1 aromatic rings. The normalized spacial score (nSPS) is 22.8. The van der Waals surface area contributed by atoms with Gasteiger partial charge in [-0.2, -0.15) is 0 Å². The number of nitrogens with zero attached hydrogens (tertiary/aromatic N) is 1. The fourth-order valence-corrected chi connectivity index (χ4v) is 4.72. The van der Waals surface area contributed by atoms with Crippen LogP contribution in [0.5, 0.6) is 0 Å². The molecule has 2 aliphatic rings. The van der Waals surface area contributed by atoms with Gasteiger partial charge in [0.15, 0.2) is 0 Å². The molecule has 0 bridgehead atoms. The SMILES string of the molecule is C.CO[C@@H]([C@@H]1CCCN1)[C@@H](C)C(=O)C[C@H](C(=O)N1CCCCO1)[C@@H](C)c1ccccc1. The molecule has 31 heavy (non-hydrogen) atoms. The highest BCUT2D eigenvalue weighted by molar-refractivity contribution is 5.88. The van der Waals surface area contributed by atoms with Crippen molar-refractivity contribution >= 4 is 11.7 Å². The molecule has 3 rings (SSSR count). The van der Waals surface area contributed by atoms with Crippen LogP contribution in [0.25, 0.3) is 0 Å². The molecule has 2 fully saturated rings. The zero-order valence-corrected chi connectivity index (χ0v) is 18.5. The van der Waals surface area contributed by atoms with Gasteiger partial charge in [-0.15, -0.1) is 0 Å². The number of carbonyl (C=O) groups excluding carboxylic acids is 2. The standard InChI is InChI=1S/C24H36N2O4.CH4/c1-17(19-10-5-4-6-11-19)20(24(28)26-14-7-8-15-30-26)16-22(27)18(2)23(29-3)21-12-9-13-25-21;/h4-6,10-11,17-18,20-21,23,25H,7-9,12-16H2,1-3H3;1H4/t17-,18-,20-,21-,23+;/m0./s1. The molecule has 0 radical (unpaired) electrons. The lowest BCUT2D eigenvalue weighted by molar-refractivity contribution is -0.202. The van der Waals surface area contributed by atoms with Crippen LogP contribution < -0.4 is 5.32 Å². The van der Waals surface area contributed by atoms with E-state index in [1.807, 2.05) is 44.2 Å². The quantitative estimate of drug-likeness (QED) is 0.640. The van der Waals surface area contributed by atoms with Crippen molar-refractivity contribution in [3.8, 4) is 0 Å². The summed E-state index contributed by atoms with van der Waals surface area (Å²) >= 11 is 0. The number of amides is 1. The van der Waals surface area contributed by atoms with E-state index in [1.165, 1.54) is 5.06 Å². The Kier molecular flexibility index (Phi) is 10.1. The minimum absolute atomic E-state index is 0. The van der Waals surface area contributed by atoms with Crippen LogP contribution in [0.1, 0.15) is 64.9 Å². The Morgan fingerprint density at radius 1 is 1.19 bits per heavy atom. The number of carbonyl (C=O) groups is 2. The molecule has 6 nitrogen and oxygen atoms in total. The molecule has 1 amide bonds. The summed E-state index contributed by atoms with van der Waals surface area (Å²) in [4.78, 5) is 32.3. The van der Waals surface area contributed by atoms with Crippen molar-refractivity contribution in [2.75, 3.05) is 26.8 Å². The molecular weight excluding hydrogens is 392 g/mol. The molecule has 1 aromatic carbocycles. The Hall–Kier alpha value is -1.76. The maximum Gasteiger partial charge on any atom is 0.250 e. The summed E-state index contributed by atoms with van der Waals surface area (Å²) in [6.07, 6.45) is 4.03. The van der Waals surface area contributed by atoms with Crippen molar-refractivity contribution in [1.82, 2.24) is 10.4 Å². The number of hydrogen-bond acceptors (Lipinski definition) is 5. The third-order valence-electron chi connectivity index (χ3n) is 6.68. The molecule has 2 saturated heterocycles. The van der Waals surface area contributed by atoms with Crippen molar-refractivity contribution in [2.45, 2.75) is 71.4 Å². The van der Waals surface area contributed by atoms with Crippen molar-refractivity contribution in [2.24, 2.45) is 11.8 Å². The van der Waals surface area contributed by atoms with E-state index < -0.39 is 5.92 Å². The first-order valence-electron chi connectivity index (χ1n) is 11.3. The van der Waals surface area contributed by atoms with Crippen LogP contribution in [0.4, 0.5) is 0 Å². The van der Waals surface area contributed by atoms with E-state index >= 15 is 0 Å². The predicted molar refractivity (Wildman–Crippen MR) is 123 cm³/mol.